The van der Waals surface area contributed by atoms with Gasteiger partial charge in [0.2, 0.25) is 0 Å². The minimum Gasteiger partial charge on any atom is -0.312 e. The third-order valence-electron chi connectivity index (χ3n) is 2.74. The Morgan fingerprint density at radius 3 is 3.07 bits per heavy atom. The summed E-state index contributed by atoms with van der Waals surface area (Å²) in [5.41, 5.74) is 4.35. The monoisotopic (exact) mass is 225 g/mol. The molecule has 2 rings (SSSR count). The maximum atomic E-state index is 4.25. The van der Waals surface area contributed by atoms with Crippen molar-refractivity contribution in [1.82, 2.24) is 5.32 Å². The molecule has 0 bridgehead atoms. The van der Waals surface area contributed by atoms with E-state index in [4.69, 9.17) is 0 Å². The Balaban J connectivity index is 2.29. The number of hydrogen-bond acceptors (Lipinski definition) is 3. The van der Waals surface area contributed by atoms with Crippen LogP contribution in [0.2, 0.25) is 0 Å². The van der Waals surface area contributed by atoms with Crippen LogP contribution in [-0.2, 0) is 13.0 Å². The Kier molecular flexibility index (Phi) is 3.42. The second-order valence-corrected chi connectivity index (χ2v) is 5.25. The lowest BCUT2D eigenvalue weighted by atomic mass is 9.98. The van der Waals surface area contributed by atoms with Crippen LogP contribution < -0.4 is 5.32 Å². The topological polar surface area (TPSA) is 12.0 Å². The maximum absolute atomic E-state index is 4.25. The first kappa shape index (κ1) is 10.4. The molecule has 1 aromatic carbocycles. The molecule has 0 saturated carbocycles. The number of rotatable bonds is 2. The Labute approximate surface area is 94.5 Å². The Bertz CT molecular complexity index is 325. The van der Waals surface area contributed by atoms with Gasteiger partial charge in [-0.05, 0) is 36.6 Å². The van der Waals surface area contributed by atoms with Crippen LogP contribution in [0.4, 0.5) is 0 Å². The first-order valence-corrected chi connectivity index (χ1v) is 6.87. The van der Waals surface area contributed by atoms with Crippen molar-refractivity contribution >= 4 is 22.5 Å². The number of hydrogen-bond donors (Lipinski definition) is 2. The minimum absolute atomic E-state index is 0.477. The Morgan fingerprint density at radius 1 is 1.43 bits per heavy atom. The van der Waals surface area contributed by atoms with Crippen LogP contribution in [0.3, 0.4) is 0 Å². The molecule has 0 spiro atoms. The van der Waals surface area contributed by atoms with Gasteiger partial charge in [-0.1, -0.05) is 29.0 Å². The van der Waals surface area contributed by atoms with Crippen molar-refractivity contribution in [2.45, 2.75) is 25.1 Å². The van der Waals surface area contributed by atoms with Crippen molar-refractivity contribution in [3.63, 3.8) is 0 Å². The minimum atomic E-state index is 0.477. The molecule has 3 heteroatoms. The lowest BCUT2D eigenvalue weighted by Gasteiger charge is -2.19. The molecule has 0 radical (unpaired) electrons. The second kappa shape index (κ2) is 4.60. The molecular formula is C11H15NS2. The summed E-state index contributed by atoms with van der Waals surface area (Å²) in [6, 6.07) is 6.82. The summed E-state index contributed by atoms with van der Waals surface area (Å²) in [5, 5.41) is 3.88. The fraction of sp³-hybridized carbons (Fsp3) is 0.455. The van der Waals surface area contributed by atoms with Crippen LogP contribution in [0.1, 0.15) is 28.9 Å². The molecule has 0 amide bonds. The third-order valence-corrected chi connectivity index (χ3v) is 4.28. The predicted molar refractivity (Wildman–Crippen MR) is 66.8 cm³/mol. The van der Waals surface area contributed by atoms with Crippen LogP contribution in [0, 0.1) is 0 Å². The van der Waals surface area contributed by atoms with Gasteiger partial charge in [-0.3, -0.25) is 0 Å². The highest BCUT2D eigenvalue weighted by atomic mass is 33.1. The predicted octanol–water partition coefficient (Wildman–Crippen LogP) is 2.97. The van der Waals surface area contributed by atoms with Crippen molar-refractivity contribution in [1.29, 1.82) is 0 Å². The molecule has 0 saturated heterocycles. The van der Waals surface area contributed by atoms with Crippen molar-refractivity contribution < 1.29 is 0 Å². The fourth-order valence-corrected chi connectivity index (χ4v) is 2.45. The van der Waals surface area contributed by atoms with Crippen molar-refractivity contribution in [3.8, 4) is 0 Å². The van der Waals surface area contributed by atoms with Gasteiger partial charge >= 0.3 is 0 Å². The summed E-state index contributed by atoms with van der Waals surface area (Å²) in [6.45, 7) is 4.33. The van der Waals surface area contributed by atoms with Crippen LogP contribution in [0.25, 0.3) is 0 Å². The average molecular weight is 225 g/mol. The lowest BCUT2D eigenvalue weighted by molar-refractivity contribution is 0.643. The highest BCUT2D eigenvalue weighted by Crippen LogP contribution is 2.32. The van der Waals surface area contributed by atoms with Gasteiger partial charge in [0, 0.05) is 11.8 Å². The maximum Gasteiger partial charge on any atom is 0.0370 e. The normalized spacial score (nSPS) is 17.6. The van der Waals surface area contributed by atoms with E-state index in [1.54, 1.807) is 10.8 Å². The van der Waals surface area contributed by atoms with Crippen molar-refractivity contribution in [2.24, 2.45) is 0 Å². The molecule has 76 valence electrons. The van der Waals surface area contributed by atoms with Gasteiger partial charge in [-0.25, -0.2) is 0 Å². The molecule has 1 atom stereocenters. The average Bonchev–Trinajstić information content (AvgIpc) is 2.27. The number of fused-ring (bicyclic) bond motifs is 1. The molecule has 0 aromatic heterocycles. The van der Waals surface area contributed by atoms with Crippen LogP contribution >= 0.6 is 22.5 Å². The van der Waals surface area contributed by atoms with Crippen LogP contribution in [0.5, 0.6) is 0 Å². The van der Waals surface area contributed by atoms with Crippen LogP contribution in [-0.4, -0.2) is 6.54 Å². The van der Waals surface area contributed by atoms with Gasteiger partial charge < -0.3 is 5.32 Å². The van der Waals surface area contributed by atoms with E-state index in [9.17, 15) is 0 Å². The summed E-state index contributed by atoms with van der Waals surface area (Å²) in [7, 11) is 1.60. The highest BCUT2D eigenvalue weighted by molar-refractivity contribution is 8.68. The highest BCUT2D eigenvalue weighted by Gasteiger charge is 2.11. The molecule has 0 aliphatic carbocycles. The SMILES string of the molecule is CC(SS)c1ccc2c(c1)CNCC2. The van der Waals surface area contributed by atoms with Gasteiger partial charge in [0.05, 0.1) is 0 Å². The molecule has 14 heavy (non-hydrogen) atoms. The molecule has 1 aliphatic heterocycles. The fourth-order valence-electron chi connectivity index (χ4n) is 1.81. The third kappa shape index (κ3) is 2.10. The van der Waals surface area contributed by atoms with E-state index in [1.165, 1.54) is 16.7 Å². The van der Waals surface area contributed by atoms with E-state index < -0.39 is 0 Å². The molecule has 0 fully saturated rings. The first-order chi connectivity index (χ1) is 6.81. The molecular weight excluding hydrogens is 210 g/mol. The van der Waals surface area contributed by atoms with E-state index >= 15 is 0 Å². The van der Waals surface area contributed by atoms with E-state index in [0.717, 1.165) is 19.5 Å². The largest absolute Gasteiger partial charge is 0.312 e. The Hall–Kier alpha value is -0.120. The zero-order valence-electron chi connectivity index (χ0n) is 8.29. The van der Waals surface area contributed by atoms with Gasteiger partial charge in [-0.15, -0.1) is 11.7 Å². The first-order valence-electron chi connectivity index (χ1n) is 4.94. The lowest BCUT2D eigenvalue weighted by Crippen LogP contribution is -2.23. The molecule has 1 heterocycles. The van der Waals surface area contributed by atoms with Gasteiger partial charge in [0.1, 0.15) is 0 Å². The van der Waals surface area contributed by atoms with Gasteiger partial charge in [0.25, 0.3) is 0 Å². The molecule has 1 aliphatic rings. The zero-order valence-corrected chi connectivity index (χ0v) is 10.00. The van der Waals surface area contributed by atoms with Crippen molar-refractivity contribution in [3.05, 3.63) is 34.9 Å². The summed E-state index contributed by atoms with van der Waals surface area (Å²) < 4.78 is 0. The molecule has 1 N–H and O–H groups in total. The summed E-state index contributed by atoms with van der Waals surface area (Å²) in [5.74, 6) is 0. The van der Waals surface area contributed by atoms with Crippen molar-refractivity contribution in [2.75, 3.05) is 6.54 Å². The van der Waals surface area contributed by atoms with E-state index in [1.807, 2.05) is 0 Å². The molecule has 1 unspecified atom stereocenters. The van der Waals surface area contributed by atoms with E-state index in [-0.39, 0.29) is 0 Å². The number of nitrogens with one attached hydrogen (secondary N) is 1. The van der Waals surface area contributed by atoms with Gasteiger partial charge in [0.15, 0.2) is 0 Å². The summed E-state index contributed by atoms with van der Waals surface area (Å²) in [4.78, 5) is 0. The summed E-state index contributed by atoms with van der Waals surface area (Å²) in [6.07, 6.45) is 1.16. The van der Waals surface area contributed by atoms with Crippen LogP contribution in [0.15, 0.2) is 18.2 Å². The van der Waals surface area contributed by atoms with Gasteiger partial charge in [-0.2, -0.15) is 0 Å². The van der Waals surface area contributed by atoms with E-state index in [2.05, 4.69) is 42.1 Å². The summed E-state index contributed by atoms with van der Waals surface area (Å²) >= 11 is 4.25. The molecule has 1 aromatic rings. The number of thiol groups is 1. The quantitative estimate of drug-likeness (QED) is 0.593. The standard InChI is InChI=1S/C11H15NS2/c1-8(14-13)10-3-2-9-4-5-12-7-11(9)6-10/h2-3,6,8,12-13H,4-5,7H2,1H3. The second-order valence-electron chi connectivity index (χ2n) is 3.70. The number of benzene rings is 1. The zero-order chi connectivity index (χ0) is 9.97. The smallest absolute Gasteiger partial charge is 0.0370 e. The Morgan fingerprint density at radius 2 is 2.29 bits per heavy atom. The molecule has 1 nitrogen and oxygen atoms in total. The van der Waals surface area contributed by atoms with E-state index in [0.29, 0.717) is 5.25 Å².